The molecule has 0 aliphatic rings. The van der Waals surface area contributed by atoms with Crippen LogP contribution in [-0.2, 0) is 11.3 Å². The molecular weight excluding hydrogens is 274 g/mol. The number of rotatable bonds is 8. The van der Waals surface area contributed by atoms with Crippen molar-refractivity contribution in [3.05, 3.63) is 22.4 Å². The van der Waals surface area contributed by atoms with Gasteiger partial charge in [0.05, 0.1) is 17.4 Å². The van der Waals surface area contributed by atoms with Gasteiger partial charge < -0.3 is 20.7 Å². The molecule has 0 aliphatic heterocycles. The van der Waals surface area contributed by atoms with Gasteiger partial charge in [0.15, 0.2) is 0 Å². The van der Waals surface area contributed by atoms with E-state index in [1.54, 1.807) is 0 Å². The average Bonchev–Trinajstić information content (AvgIpc) is 2.77. The first-order chi connectivity index (χ1) is 8.63. The van der Waals surface area contributed by atoms with Crippen molar-refractivity contribution >= 4 is 24.1 Å². The molecule has 0 atom stereocenters. The number of aromatic nitrogens is 2. The van der Waals surface area contributed by atoms with Crippen LogP contribution in [0, 0.1) is 10.1 Å². The van der Waals surface area contributed by atoms with Gasteiger partial charge >= 0.3 is 5.82 Å². The highest BCUT2D eigenvalue weighted by Crippen LogP contribution is 2.04. The first-order valence-corrected chi connectivity index (χ1v) is 5.78. The third kappa shape index (κ3) is 6.73. The van der Waals surface area contributed by atoms with E-state index in [2.05, 4.69) is 22.7 Å². The minimum atomic E-state index is -0.594. The van der Waals surface area contributed by atoms with Crippen molar-refractivity contribution in [1.29, 1.82) is 0 Å². The van der Waals surface area contributed by atoms with Gasteiger partial charge in [0.2, 0.25) is 5.91 Å². The lowest BCUT2D eigenvalue weighted by Crippen LogP contribution is -2.34. The Morgan fingerprint density at radius 3 is 2.79 bits per heavy atom. The van der Waals surface area contributed by atoms with Gasteiger partial charge in [-0.05, 0) is 17.9 Å². The largest absolute Gasteiger partial charge is 0.389 e. The molecule has 0 spiro atoms. The molecule has 8 nitrogen and oxygen atoms in total. The SMILES string of the molecule is CCCNCCNC(=O)Cn1ccc([N+](=O)[O-])n1.Cl. The van der Waals surface area contributed by atoms with Crippen LogP contribution >= 0.6 is 12.4 Å². The van der Waals surface area contributed by atoms with Crippen LogP contribution in [0.25, 0.3) is 0 Å². The van der Waals surface area contributed by atoms with Crippen molar-refractivity contribution in [3.63, 3.8) is 0 Å². The van der Waals surface area contributed by atoms with E-state index in [-0.39, 0.29) is 30.7 Å². The van der Waals surface area contributed by atoms with Crippen molar-refractivity contribution in [1.82, 2.24) is 20.4 Å². The molecule has 19 heavy (non-hydrogen) atoms. The summed E-state index contributed by atoms with van der Waals surface area (Å²) in [5.41, 5.74) is 0. The average molecular weight is 292 g/mol. The molecule has 0 bridgehead atoms. The number of hydrogen-bond acceptors (Lipinski definition) is 5. The maximum Gasteiger partial charge on any atom is 0.389 e. The van der Waals surface area contributed by atoms with Crippen LogP contribution in [0.2, 0.25) is 0 Å². The van der Waals surface area contributed by atoms with E-state index in [0.29, 0.717) is 13.1 Å². The highest BCUT2D eigenvalue weighted by Gasteiger charge is 2.12. The van der Waals surface area contributed by atoms with Crippen molar-refractivity contribution in [3.8, 4) is 0 Å². The lowest BCUT2D eigenvalue weighted by Gasteiger charge is -2.04. The van der Waals surface area contributed by atoms with Crippen LogP contribution in [-0.4, -0.2) is 40.2 Å². The summed E-state index contributed by atoms with van der Waals surface area (Å²) in [7, 11) is 0. The van der Waals surface area contributed by atoms with E-state index in [1.165, 1.54) is 16.9 Å². The molecule has 0 aromatic carbocycles. The summed E-state index contributed by atoms with van der Waals surface area (Å²) in [6, 6.07) is 1.26. The van der Waals surface area contributed by atoms with Gasteiger partial charge in [-0.2, -0.15) is 4.68 Å². The molecule has 0 saturated heterocycles. The first-order valence-electron chi connectivity index (χ1n) is 5.78. The van der Waals surface area contributed by atoms with E-state index >= 15 is 0 Å². The van der Waals surface area contributed by atoms with E-state index < -0.39 is 4.92 Å². The standard InChI is InChI=1S/C10H17N5O3.ClH/c1-2-4-11-5-6-12-10(16)8-14-7-3-9(13-14)15(17)18;/h3,7,11H,2,4-6,8H2,1H3,(H,12,16);1H. The molecule has 1 aromatic rings. The molecule has 0 aliphatic carbocycles. The Bertz CT molecular complexity index is 410. The fraction of sp³-hybridized carbons (Fsp3) is 0.600. The van der Waals surface area contributed by atoms with Crippen molar-refractivity contribution in [2.75, 3.05) is 19.6 Å². The third-order valence-corrected chi connectivity index (χ3v) is 2.17. The molecular formula is C10H18ClN5O3. The Hall–Kier alpha value is -1.67. The van der Waals surface area contributed by atoms with Crippen molar-refractivity contribution in [2.24, 2.45) is 0 Å². The Morgan fingerprint density at radius 1 is 1.47 bits per heavy atom. The van der Waals surface area contributed by atoms with Gasteiger partial charge in [0, 0.05) is 13.1 Å². The molecule has 1 amide bonds. The number of nitro groups is 1. The zero-order chi connectivity index (χ0) is 13.4. The molecule has 9 heteroatoms. The van der Waals surface area contributed by atoms with Gasteiger partial charge in [-0.25, -0.2) is 0 Å². The minimum absolute atomic E-state index is 0. The van der Waals surface area contributed by atoms with Crippen molar-refractivity contribution < 1.29 is 9.72 Å². The molecule has 0 radical (unpaired) electrons. The van der Waals surface area contributed by atoms with Crippen molar-refractivity contribution in [2.45, 2.75) is 19.9 Å². The summed E-state index contributed by atoms with van der Waals surface area (Å²) < 4.78 is 1.24. The van der Waals surface area contributed by atoms with E-state index in [1.807, 2.05) is 0 Å². The normalized spacial score (nSPS) is 9.74. The molecule has 0 fully saturated rings. The second-order valence-electron chi connectivity index (χ2n) is 3.73. The summed E-state index contributed by atoms with van der Waals surface area (Å²) in [4.78, 5) is 21.3. The fourth-order valence-electron chi connectivity index (χ4n) is 1.33. The lowest BCUT2D eigenvalue weighted by molar-refractivity contribution is -0.389. The second-order valence-corrected chi connectivity index (χ2v) is 3.73. The lowest BCUT2D eigenvalue weighted by atomic mass is 10.4. The smallest absolute Gasteiger partial charge is 0.358 e. The molecule has 1 aromatic heterocycles. The van der Waals surface area contributed by atoms with Gasteiger partial charge in [-0.15, -0.1) is 12.4 Å². The summed E-state index contributed by atoms with van der Waals surface area (Å²) >= 11 is 0. The van der Waals surface area contributed by atoms with E-state index in [0.717, 1.165) is 13.0 Å². The van der Waals surface area contributed by atoms with E-state index in [4.69, 9.17) is 0 Å². The number of carbonyl (C=O) groups excluding carboxylic acids is 1. The van der Waals surface area contributed by atoms with Gasteiger partial charge in [0.1, 0.15) is 6.54 Å². The first kappa shape index (κ1) is 17.3. The molecule has 2 N–H and O–H groups in total. The number of nitrogens with zero attached hydrogens (tertiary/aromatic N) is 3. The summed E-state index contributed by atoms with van der Waals surface area (Å²) in [5, 5.41) is 19.9. The van der Waals surface area contributed by atoms with Crippen LogP contribution in [0.3, 0.4) is 0 Å². The summed E-state index contributed by atoms with van der Waals surface area (Å²) in [6.45, 7) is 4.21. The summed E-state index contributed by atoms with van der Waals surface area (Å²) in [6.07, 6.45) is 2.46. The van der Waals surface area contributed by atoms with Crippen LogP contribution in [0.1, 0.15) is 13.3 Å². The predicted octanol–water partition coefficient (Wildman–Crippen LogP) is 0.329. The highest BCUT2D eigenvalue weighted by molar-refractivity contribution is 5.85. The van der Waals surface area contributed by atoms with E-state index in [9.17, 15) is 14.9 Å². The Morgan fingerprint density at radius 2 is 2.21 bits per heavy atom. The zero-order valence-electron chi connectivity index (χ0n) is 10.7. The fourth-order valence-corrected chi connectivity index (χ4v) is 1.33. The number of amides is 1. The number of nitrogens with one attached hydrogen (secondary N) is 2. The van der Waals surface area contributed by atoms with Gasteiger partial charge in [-0.3, -0.25) is 4.79 Å². The molecule has 1 rings (SSSR count). The maximum atomic E-state index is 11.5. The molecule has 0 saturated carbocycles. The van der Waals surface area contributed by atoms with Crippen LogP contribution < -0.4 is 10.6 Å². The number of hydrogen-bond donors (Lipinski definition) is 2. The topological polar surface area (TPSA) is 102 Å². The number of halogens is 1. The van der Waals surface area contributed by atoms with Crippen LogP contribution in [0.5, 0.6) is 0 Å². The highest BCUT2D eigenvalue weighted by atomic mass is 35.5. The van der Waals surface area contributed by atoms with Gasteiger partial charge in [0.25, 0.3) is 0 Å². The van der Waals surface area contributed by atoms with Crippen LogP contribution in [0.4, 0.5) is 5.82 Å². The monoisotopic (exact) mass is 291 g/mol. The second kappa shape index (κ2) is 9.29. The Kier molecular flexibility index (Phi) is 8.47. The third-order valence-electron chi connectivity index (χ3n) is 2.17. The number of carbonyl (C=O) groups is 1. The molecule has 108 valence electrons. The molecule has 1 heterocycles. The van der Waals surface area contributed by atoms with Crippen LogP contribution in [0.15, 0.2) is 12.3 Å². The summed E-state index contributed by atoms with van der Waals surface area (Å²) in [5.74, 6) is -0.473. The Labute approximate surface area is 117 Å². The quantitative estimate of drug-likeness (QED) is 0.408. The Balaban J connectivity index is 0.00000324. The minimum Gasteiger partial charge on any atom is -0.358 e. The zero-order valence-corrected chi connectivity index (χ0v) is 11.5. The molecule has 0 unspecified atom stereocenters. The maximum absolute atomic E-state index is 11.5. The predicted molar refractivity (Wildman–Crippen MR) is 72.3 cm³/mol. The van der Waals surface area contributed by atoms with Gasteiger partial charge in [-0.1, -0.05) is 6.92 Å².